The van der Waals surface area contributed by atoms with Crippen molar-refractivity contribution in [1.29, 1.82) is 0 Å². The Morgan fingerprint density at radius 1 is 0.420 bits per heavy atom. The van der Waals surface area contributed by atoms with Gasteiger partial charge in [0.2, 0.25) is 0 Å². The third-order valence-corrected chi connectivity index (χ3v) is 28.4. The molecule has 119 heavy (non-hydrogen) atoms. The summed E-state index contributed by atoms with van der Waals surface area (Å²) in [6, 6.07) is 38.7. The molecule has 32 heteroatoms. The Balaban J connectivity index is 0.000000167. The fourth-order valence-electron chi connectivity index (χ4n) is 18.9. The van der Waals surface area contributed by atoms with Crippen molar-refractivity contribution in [3.05, 3.63) is 175 Å². The Labute approximate surface area is 697 Å². The van der Waals surface area contributed by atoms with Gasteiger partial charge >= 0.3 is 36.4 Å². The van der Waals surface area contributed by atoms with Crippen molar-refractivity contribution >= 4 is 75.9 Å². The van der Waals surface area contributed by atoms with Gasteiger partial charge < -0.3 is 77.4 Å². The minimum Gasteiger partial charge on any atom is -0.542 e. The number of hydrogen-bond donors (Lipinski definition) is 3. The van der Waals surface area contributed by atoms with Gasteiger partial charge in [0.05, 0.1) is 65.5 Å². The highest BCUT2D eigenvalue weighted by atomic mass is 32.1. The van der Waals surface area contributed by atoms with Gasteiger partial charge in [0.1, 0.15) is 49.1 Å². The number of aryl methyl sites for hydroxylation is 1. The van der Waals surface area contributed by atoms with Crippen LogP contribution in [-0.2, 0) is 66.2 Å². The first-order valence-electron chi connectivity index (χ1n) is 41.0. The van der Waals surface area contributed by atoms with Gasteiger partial charge in [0.25, 0.3) is 0 Å². The number of fused-ring (bicyclic) bond motifs is 9. The molecule has 3 aromatic heterocycles. The molecule has 0 amide bonds. The van der Waals surface area contributed by atoms with Gasteiger partial charge in [-0.2, -0.15) is 39.5 Å². The molecule has 3 aliphatic carbocycles. The van der Waals surface area contributed by atoms with E-state index in [1.54, 1.807) is 12.1 Å². The minimum absolute atomic E-state index is 0.0243. The molecule has 3 N–H and O–H groups in total. The highest BCUT2D eigenvalue weighted by Gasteiger charge is 2.57. The summed E-state index contributed by atoms with van der Waals surface area (Å²) in [5.74, 6) is -8.72. The Morgan fingerprint density at radius 2 is 0.739 bits per heavy atom. The third-order valence-electron chi connectivity index (χ3n) is 25.5. The van der Waals surface area contributed by atoms with E-state index >= 15 is 0 Å². The number of hydrogen-bond acceptors (Lipinski definition) is 19. The first-order chi connectivity index (χ1) is 56.5. The summed E-state index contributed by atoms with van der Waals surface area (Å²) in [7, 11) is 0. The molecule has 0 radical (unpaired) electrons. The number of aliphatic hydroxyl groups is 3. The average molecular weight is 1730 g/mol. The van der Waals surface area contributed by atoms with Crippen molar-refractivity contribution in [2.45, 2.75) is 188 Å². The molecular formula is C87H105F10N3O16S3. The zero-order valence-corrected chi connectivity index (χ0v) is 68.6. The Hall–Kier alpha value is -7.82. The van der Waals surface area contributed by atoms with Crippen LogP contribution in [0.3, 0.4) is 0 Å². The van der Waals surface area contributed by atoms with Crippen molar-refractivity contribution in [1.82, 2.24) is 0 Å². The molecule has 6 aromatic rings. The number of carbonyl (C=O) groups excluding carboxylic acids is 6. The van der Waals surface area contributed by atoms with Crippen LogP contribution in [0.5, 0.6) is 5.75 Å². The lowest BCUT2D eigenvalue weighted by Crippen LogP contribution is -2.65. The van der Waals surface area contributed by atoms with Gasteiger partial charge in [0, 0.05) is 102 Å². The zero-order chi connectivity index (χ0) is 85.9. The van der Waals surface area contributed by atoms with Crippen molar-refractivity contribution < 1.29 is 136 Å². The summed E-state index contributed by atoms with van der Waals surface area (Å²) < 4.78 is 135. The zero-order valence-electron chi connectivity index (χ0n) is 66.2. The normalized spacial score (nSPS) is 26.2. The topological polar surface area (TPSA) is 269 Å². The molecule has 6 atom stereocenters. The number of benzene rings is 3. The number of carbonyl (C=O) groups is 6. The summed E-state index contributed by atoms with van der Waals surface area (Å²) >= 11 is 4.39. The number of aliphatic carboxylic acids is 3. The third kappa shape index (κ3) is 24.5. The van der Waals surface area contributed by atoms with Crippen LogP contribution in [0.2, 0.25) is 0 Å². The predicted molar refractivity (Wildman–Crippen MR) is 417 cm³/mol. The summed E-state index contributed by atoms with van der Waals surface area (Å²) in [4.78, 5) is 69.1. The standard InChI is InChI=1S/C27H35FNO4S.C27H36NO3S.C27H34NO3S.3C2HF3O2/c28-22-8-10-23(11-9-22)32-17-4-14-29-15-12-20(13-16-29)24(19-29)33-26(30)27(31,21-5-1-2-6-21)25-7-3-18-34-25;2*29-26(27(30,23-11-4-5-12-23)25-13-7-19-32-25)31-24-20-28(17-14-22(24)15-18-28)16-6-10-21-8-2-1-3-9-21;3*3-2(4,5)1(6)7/h3,7-11,18,20-21,24,31H,1-2,4-6,12-17,19H2;1-3,7-9,13,19,22-24,30H,4-6,10-12,14-18,20H2;1-3,6-10,13,19,22-24,30H,4-5,11-12,14-18,20H2;3*(H,6,7)/q3*+1;;;/p-3/t20?,24-,27-,29?;2*22?,24-,27-,28?;;;/m000.../s1. The number of halogens is 10. The van der Waals surface area contributed by atoms with Crippen LogP contribution in [-0.4, -0.2) is 187 Å². The Kier molecular flexibility index (Phi) is 32.5. The molecule has 3 saturated carbocycles. The number of ether oxygens (including phenoxy) is 4. The van der Waals surface area contributed by atoms with Crippen LogP contribution >= 0.6 is 34.0 Å². The van der Waals surface area contributed by atoms with Gasteiger partial charge in [-0.05, 0) is 121 Å². The van der Waals surface area contributed by atoms with Crippen molar-refractivity contribution in [3.63, 3.8) is 0 Å². The van der Waals surface area contributed by atoms with Crippen LogP contribution in [0, 0.1) is 41.3 Å². The molecule has 12 heterocycles. The van der Waals surface area contributed by atoms with E-state index in [0.29, 0.717) is 35.0 Å². The van der Waals surface area contributed by atoms with Crippen LogP contribution in [0.25, 0.3) is 6.08 Å². The number of alkyl halides is 9. The summed E-state index contributed by atoms with van der Waals surface area (Å²) in [6.07, 6.45) is 10.1. The molecule has 9 saturated heterocycles. The van der Waals surface area contributed by atoms with E-state index in [1.807, 2.05) is 58.6 Å². The van der Waals surface area contributed by atoms with Gasteiger partial charge in [-0.1, -0.05) is 123 Å². The van der Waals surface area contributed by atoms with Gasteiger partial charge in [-0.3, -0.25) is 0 Å². The second-order valence-electron chi connectivity index (χ2n) is 33.0. The Bertz CT molecular complexity index is 4140. The number of rotatable bonds is 24. The van der Waals surface area contributed by atoms with Crippen LogP contribution in [0.1, 0.15) is 154 Å². The molecule has 12 fully saturated rings. The summed E-state index contributed by atoms with van der Waals surface area (Å²) in [6.45, 7) is 13.2. The van der Waals surface area contributed by atoms with E-state index in [1.165, 1.54) is 70.4 Å². The molecular weight excluding hydrogens is 1630 g/mol. The monoisotopic (exact) mass is 1730 g/mol. The second-order valence-corrected chi connectivity index (χ2v) is 35.8. The molecule has 18 rings (SSSR count). The summed E-state index contributed by atoms with van der Waals surface area (Å²) in [5, 5.41) is 67.3. The number of carboxylic acid groups (broad SMARTS) is 3. The summed E-state index contributed by atoms with van der Waals surface area (Å²) in [5.41, 5.74) is -1.87. The van der Waals surface area contributed by atoms with E-state index in [9.17, 15) is 73.6 Å². The predicted octanol–water partition coefficient (Wildman–Crippen LogP) is 12.7. The number of nitrogens with zero attached hydrogens (tertiary/aromatic N) is 3. The maximum absolute atomic E-state index is 13.5. The molecule has 652 valence electrons. The van der Waals surface area contributed by atoms with E-state index in [-0.39, 0.29) is 41.9 Å². The largest absolute Gasteiger partial charge is 0.542 e. The molecule has 12 aliphatic rings. The van der Waals surface area contributed by atoms with E-state index in [2.05, 4.69) is 66.7 Å². The maximum Gasteiger partial charge on any atom is 0.430 e. The molecule has 3 aromatic carbocycles. The maximum atomic E-state index is 13.5. The number of quaternary nitrogens is 3. The highest BCUT2D eigenvalue weighted by Crippen LogP contribution is 2.49. The first-order valence-corrected chi connectivity index (χ1v) is 43.6. The van der Waals surface area contributed by atoms with E-state index in [0.717, 1.165) is 223 Å². The number of carboxylic acids is 3. The molecule has 0 spiro atoms. The minimum atomic E-state index is -5.19. The highest BCUT2D eigenvalue weighted by molar-refractivity contribution is 7.10. The van der Waals surface area contributed by atoms with Crippen molar-refractivity contribution in [2.75, 3.05) is 85.1 Å². The fourth-order valence-corrected chi connectivity index (χ4v) is 21.6. The van der Waals surface area contributed by atoms with Crippen LogP contribution in [0.4, 0.5) is 43.9 Å². The van der Waals surface area contributed by atoms with Gasteiger partial charge in [-0.15, -0.1) is 34.0 Å². The smallest absolute Gasteiger partial charge is 0.430 e. The van der Waals surface area contributed by atoms with Crippen LogP contribution < -0.4 is 20.1 Å². The number of thiophene rings is 3. The molecule has 0 unspecified atom stereocenters. The van der Waals surface area contributed by atoms with E-state index in [4.69, 9.17) is 48.7 Å². The lowest BCUT2D eigenvalue weighted by atomic mass is 9.81. The van der Waals surface area contributed by atoms with Crippen molar-refractivity contribution in [2.24, 2.45) is 35.5 Å². The fraction of sp³-hybridized carbons (Fsp3) is 0.563. The quantitative estimate of drug-likeness (QED) is 0.0167. The Morgan fingerprint density at radius 3 is 1.07 bits per heavy atom. The number of esters is 3. The lowest BCUT2D eigenvalue weighted by molar-refractivity contribution is -0.946. The lowest BCUT2D eigenvalue weighted by Gasteiger charge is -2.52. The second kappa shape index (κ2) is 41.4. The number of piperidine rings is 9. The van der Waals surface area contributed by atoms with Crippen molar-refractivity contribution in [3.8, 4) is 5.75 Å². The first kappa shape index (κ1) is 93.4. The van der Waals surface area contributed by atoms with Gasteiger partial charge in [0.15, 0.2) is 35.1 Å². The molecule has 6 bridgehead atoms. The van der Waals surface area contributed by atoms with E-state index < -0.39 is 71.1 Å². The SMILES string of the molecule is O=C(O[C@H]1C[N+]2(CC=Cc3ccccc3)CCC1CC2)[C@@](O)(c1cccs1)C1CCCC1.O=C(O[C@H]1C[N+]2(CCCOc3ccc(F)cc3)CCC1CC2)[C@@](O)(c1cccs1)C1CCCC1.O=C(O[C@H]1C[N+]2(CCCc3ccccc3)CCC1CC2)[C@@](O)(c1cccs1)C1CCCC1.O=C([O-])C(F)(F)F.O=C([O-])C(F)(F)F.O=C([O-])C(F)(F)F. The van der Waals surface area contributed by atoms with Crippen LogP contribution in [0.15, 0.2) is 144 Å². The van der Waals surface area contributed by atoms with Gasteiger partial charge in [-0.25, -0.2) is 18.8 Å². The molecule has 19 nitrogen and oxygen atoms in total. The average Bonchev–Trinajstić information content (AvgIpc) is 1.61. The molecule has 9 aliphatic heterocycles.